The number of phenolic OH excluding ortho intramolecular Hbond substituents is 1. The number of methoxy groups -OCH3 is 1. The maximum absolute atomic E-state index is 11.0. The summed E-state index contributed by atoms with van der Waals surface area (Å²) in [6.07, 6.45) is 0. The Bertz CT molecular complexity index is 979. The van der Waals surface area contributed by atoms with Crippen LogP contribution in [0.4, 0.5) is 0 Å². The van der Waals surface area contributed by atoms with Gasteiger partial charge in [-0.15, -0.1) is 0 Å². The van der Waals surface area contributed by atoms with E-state index in [2.05, 4.69) is 53.1 Å². The van der Waals surface area contributed by atoms with Crippen molar-refractivity contribution in [3.8, 4) is 11.5 Å². The lowest BCUT2D eigenvalue weighted by molar-refractivity contribution is 0.415. The van der Waals surface area contributed by atoms with Crippen LogP contribution in [-0.4, -0.2) is 23.8 Å². The van der Waals surface area contributed by atoms with Crippen LogP contribution in [0.25, 0.3) is 0 Å². The first-order valence-corrected chi connectivity index (χ1v) is 9.81. The molecular weight excluding hydrogens is 360 g/mol. The minimum Gasteiger partial charge on any atom is -0.507 e. The molecule has 0 bridgehead atoms. The number of nitrogens with zero attached hydrogens (tertiary/aromatic N) is 2. The van der Waals surface area contributed by atoms with Crippen molar-refractivity contribution < 1.29 is 9.84 Å². The standard InChI is InChI=1S/C25H30N2O2/c1-15-21(16-9-11-18(29-8)12-10-16)27-23(26-15)17-13-19(24(2,3)4)22(28)20(14-17)25(5,6)7/h9-14,28H,1H2,2-8H3. The zero-order valence-corrected chi connectivity index (χ0v) is 18.4. The molecular formula is C25H30N2O2. The molecule has 0 saturated heterocycles. The van der Waals surface area contributed by atoms with E-state index >= 15 is 0 Å². The topological polar surface area (TPSA) is 54.2 Å². The normalized spacial score (nSPS) is 14.7. The van der Waals surface area contributed by atoms with Crippen LogP contribution in [0.1, 0.15) is 63.8 Å². The van der Waals surface area contributed by atoms with Crippen LogP contribution in [0.5, 0.6) is 11.5 Å². The van der Waals surface area contributed by atoms with Crippen molar-refractivity contribution in [3.63, 3.8) is 0 Å². The Morgan fingerprint density at radius 2 is 1.34 bits per heavy atom. The number of rotatable bonds is 3. The van der Waals surface area contributed by atoms with E-state index in [1.165, 1.54) is 0 Å². The van der Waals surface area contributed by atoms with Gasteiger partial charge in [-0.3, -0.25) is 0 Å². The quantitative estimate of drug-likeness (QED) is 0.724. The summed E-state index contributed by atoms with van der Waals surface area (Å²) in [7, 11) is 1.65. The van der Waals surface area contributed by atoms with Crippen molar-refractivity contribution in [2.45, 2.75) is 52.4 Å². The highest BCUT2D eigenvalue weighted by Gasteiger charge is 2.28. The van der Waals surface area contributed by atoms with Gasteiger partial charge in [0.05, 0.1) is 18.5 Å². The fraction of sp³-hybridized carbons (Fsp3) is 0.360. The Morgan fingerprint density at radius 1 is 0.828 bits per heavy atom. The van der Waals surface area contributed by atoms with Crippen LogP contribution >= 0.6 is 0 Å². The lowest BCUT2D eigenvalue weighted by Gasteiger charge is -2.28. The minimum atomic E-state index is -0.210. The van der Waals surface area contributed by atoms with Crippen LogP contribution in [-0.2, 0) is 10.8 Å². The van der Waals surface area contributed by atoms with E-state index in [4.69, 9.17) is 9.73 Å². The Hall–Kier alpha value is -2.88. The Balaban J connectivity index is 2.11. The van der Waals surface area contributed by atoms with Crippen molar-refractivity contribution in [1.82, 2.24) is 0 Å². The summed E-state index contributed by atoms with van der Waals surface area (Å²) >= 11 is 0. The third kappa shape index (κ3) is 4.12. The summed E-state index contributed by atoms with van der Waals surface area (Å²) in [5.41, 5.74) is 4.58. The number of aliphatic imine (C=N–C) groups is 2. The molecule has 0 spiro atoms. The Kier molecular flexibility index (Phi) is 5.16. The molecule has 2 aromatic rings. The first kappa shape index (κ1) is 20.8. The van der Waals surface area contributed by atoms with Crippen molar-refractivity contribution in [2.24, 2.45) is 9.98 Å². The second-order valence-electron chi connectivity index (χ2n) is 9.49. The van der Waals surface area contributed by atoms with Crippen LogP contribution < -0.4 is 4.74 Å². The molecule has 3 rings (SSSR count). The molecule has 0 saturated carbocycles. The highest BCUT2D eigenvalue weighted by atomic mass is 16.5. The highest BCUT2D eigenvalue weighted by molar-refractivity contribution is 6.24. The molecule has 0 aliphatic carbocycles. The van der Waals surface area contributed by atoms with Gasteiger partial charge in [0.25, 0.3) is 0 Å². The molecule has 1 aliphatic rings. The van der Waals surface area contributed by atoms with Crippen LogP contribution in [0, 0.1) is 0 Å². The predicted octanol–water partition coefficient (Wildman–Crippen LogP) is 5.76. The number of phenols is 1. The summed E-state index contributed by atoms with van der Waals surface area (Å²) in [4.78, 5) is 9.43. The van der Waals surface area contributed by atoms with Crippen molar-refractivity contribution >= 4 is 11.5 Å². The van der Waals surface area contributed by atoms with E-state index in [1.807, 2.05) is 36.4 Å². The van der Waals surface area contributed by atoms with Gasteiger partial charge in [-0.05, 0) is 47.2 Å². The summed E-state index contributed by atoms with van der Waals surface area (Å²) in [6, 6.07) is 11.7. The second-order valence-corrected chi connectivity index (χ2v) is 9.49. The van der Waals surface area contributed by atoms with E-state index in [0.29, 0.717) is 17.3 Å². The van der Waals surface area contributed by atoms with Gasteiger partial charge >= 0.3 is 0 Å². The Morgan fingerprint density at radius 3 is 1.79 bits per heavy atom. The Labute approximate surface area is 173 Å². The number of hydrogen-bond donors (Lipinski definition) is 1. The fourth-order valence-electron chi connectivity index (χ4n) is 3.39. The van der Waals surface area contributed by atoms with E-state index in [1.54, 1.807) is 7.11 Å². The SMILES string of the molecule is C=C1N=C(c2cc(C(C)(C)C)c(O)c(C(C)(C)C)c2)N=C1c1ccc(OC)cc1. The highest BCUT2D eigenvalue weighted by Crippen LogP contribution is 2.40. The molecule has 0 fully saturated rings. The number of allylic oxidation sites excluding steroid dienone is 1. The molecule has 0 amide bonds. The lowest BCUT2D eigenvalue weighted by Crippen LogP contribution is -2.18. The monoisotopic (exact) mass is 390 g/mol. The molecule has 0 radical (unpaired) electrons. The lowest BCUT2D eigenvalue weighted by atomic mass is 9.78. The second kappa shape index (κ2) is 7.18. The van der Waals surface area contributed by atoms with Gasteiger partial charge in [0.1, 0.15) is 11.5 Å². The van der Waals surface area contributed by atoms with Gasteiger partial charge in [0.15, 0.2) is 5.84 Å². The molecule has 1 N–H and O–H groups in total. The molecule has 1 heterocycles. The summed E-state index contributed by atoms with van der Waals surface area (Å²) in [5, 5.41) is 11.0. The fourth-order valence-corrected chi connectivity index (χ4v) is 3.39. The van der Waals surface area contributed by atoms with E-state index in [0.717, 1.165) is 33.7 Å². The maximum Gasteiger partial charge on any atom is 0.160 e. The van der Waals surface area contributed by atoms with Gasteiger partial charge < -0.3 is 9.84 Å². The third-order valence-electron chi connectivity index (χ3n) is 5.08. The summed E-state index contributed by atoms with van der Waals surface area (Å²) in [5.74, 6) is 1.77. The van der Waals surface area contributed by atoms with Gasteiger partial charge in [0, 0.05) is 22.3 Å². The molecule has 152 valence electrons. The molecule has 4 nitrogen and oxygen atoms in total. The number of benzene rings is 2. The summed E-state index contributed by atoms with van der Waals surface area (Å²) in [6.45, 7) is 16.7. The van der Waals surface area contributed by atoms with E-state index < -0.39 is 0 Å². The molecule has 4 heteroatoms. The molecule has 29 heavy (non-hydrogen) atoms. The predicted molar refractivity (Wildman–Crippen MR) is 121 cm³/mol. The first-order chi connectivity index (χ1) is 13.4. The van der Waals surface area contributed by atoms with Crippen molar-refractivity contribution in [2.75, 3.05) is 7.11 Å². The maximum atomic E-state index is 11.0. The number of ether oxygens (including phenoxy) is 1. The molecule has 0 atom stereocenters. The number of hydrogen-bond acceptors (Lipinski definition) is 4. The molecule has 1 aliphatic heterocycles. The zero-order valence-electron chi connectivity index (χ0n) is 18.4. The third-order valence-corrected chi connectivity index (χ3v) is 5.08. The van der Waals surface area contributed by atoms with Gasteiger partial charge in [-0.2, -0.15) is 0 Å². The molecule has 0 unspecified atom stereocenters. The van der Waals surface area contributed by atoms with E-state index in [9.17, 15) is 5.11 Å². The van der Waals surface area contributed by atoms with E-state index in [-0.39, 0.29) is 10.8 Å². The first-order valence-electron chi connectivity index (χ1n) is 9.81. The minimum absolute atomic E-state index is 0.210. The largest absolute Gasteiger partial charge is 0.507 e. The van der Waals surface area contributed by atoms with Crippen LogP contribution in [0.15, 0.2) is 58.7 Å². The van der Waals surface area contributed by atoms with Crippen LogP contribution in [0.3, 0.4) is 0 Å². The smallest absolute Gasteiger partial charge is 0.160 e. The van der Waals surface area contributed by atoms with Crippen molar-refractivity contribution in [1.29, 1.82) is 0 Å². The van der Waals surface area contributed by atoms with Gasteiger partial charge in [-0.1, -0.05) is 48.1 Å². The molecule has 0 aromatic heterocycles. The van der Waals surface area contributed by atoms with Gasteiger partial charge in [0.2, 0.25) is 0 Å². The van der Waals surface area contributed by atoms with Crippen LogP contribution in [0.2, 0.25) is 0 Å². The number of aromatic hydroxyl groups is 1. The summed E-state index contributed by atoms with van der Waals surface area (Å²) < 4.78 is 5.24. The van der Waals surface area contributed by atoms with Crippen molar-refractivity contribution in [3.05, 3.63) is 70.9 Å². The molecule has 2 aromatic carbocycles. The zero-order chi connectivity index (χ0) is 21.6. The van der Waals surface area contributed by atoms with Gasteiger partial charge in [-0.25, -0.2) is 9.98 Å². The average Bonchev–Trinajstić information content (AvgIpc) is 3.01. The number of amidine groups is 1. The average molecular weight is 391 g/mol.